The normalized spacial score (nSPS) is 13.3. The minimum Gasteiger partial charge on any atom is -0.335 e. The van der Waals surface area contributed by atoms with Gasteiger partial charge in [-0.25, -0.2) is 18.2 Å². The maximum Gasteiger partial charge on any atom is 0.287 e. The Hall–Kier alpha value is -1.38. The molecule has 1 atom stereocenters. The van der Waals surface area contributed by atoms with Crippen molar-refractivity contribution in [2.45, 2.75) is 19.6 Å². The topological polar surface area (TPSA) is 55.1 Å². The minimum atomic E-state index is -3.13. The van der Waals surface area contributed by atoms with Gasteiger partial charge in [-0.15, -0.1) is 0 Å². The molecular weight excluding hydrogens is 303 g/mol. The average Bonchev–Trinajstić information content (AvgIpc) is 2.71. The molecule has 2 aromatic heterocycles. The highest BCUT2D eigenvalue weighted by Crippen LogP contribution is 2.26. The Morgan fingerprint density at radius 2 is 2.12 bits per heavy atom. The summed E-state index contributed by atoms with van der Waals surface area (Å²) in [6.45, 7) is 1.64. The first-order valence-corrected chi connectivity index (χ1v) is 5.34. The van der Waals surface area contributed by atoms with Crippen molar-refractivity contribution >= 4 is 27.5 Å². The largest absolute Gasteiger partial charge is 0.335 e. The number of rotatable bonds is 3. The highest BCUT2D eigenvalue weighted by molar-refractivity contribution is 9.10. The number of anilines is 1. The number of fused-ring (bicyclic) bond motifs is 1. The molecule has 0 aromatic carbocycles. The summed E-state index contributed by atoms with van der Waals surface area (Å²) in [5.41, 5.74) is 0.495. The predicted octanol–water partition coefficient (Wildman–Crippen LogP) is 2.17. The van der Waals surface area contributed by atoms with Crippen molar-refractivity contribution in [2.75, 3.05) is 5.32 Å². The molecule has 2 rings (SSSR count). The molecule has 0 saturated carbocycles. The van der Waals surface area contributed by atoms with E-state index >= 15 is 0 Å². The second-order valence-corrected chi connectivity index (χ2v) is 4.01. The van der Waals surface area contributed by atoms with Crippen LogP contribution in [-0.2, 0) is 0 Å². The quantitative estimate of drug-likeness (QED) is 0.883. The van der Waals surface area contributed by atoms with Crippen molar-refractivity contribution in [3.05, 3.63) is 16.5 Å². The van der Waals surface area contributed by atoms with Gasteiger partial charge in [0.1, 0.15) is 12.1 Å². The van der Waals surface area contributed by atoms with Crippen molar-refractivity contribution < 1.29 is 13.2 Å². The van der Waals surface area contributed by atoms with Gasteiger partial charge in [-0.3, -0.25) is 0 Å². The van der Waals surface area contributed by atoms with Gasteiger partial charge in [0.2, 0.25) is 6.30 Å². The van der Waals surface area contributed by atoms with Gasteiger partial charge < -0.3 is 5.32 Å². The van der Waals surface area contributed by atoms with Crippen LogP contribution in [0.3, 0.4) is 0 Å². The molecule has 0 aliphatic carbocycles. The van der Waals surface area contributed by atoms with E-state index in [4.69, 9.17) is 0 Å². The lowest BCUT2D eigenvalue weighted by molar-refractivity contribution is 0.0647. The van der Waals surface area contributed by atoms with Crippen molar-refractivity contribution in [1.29, 1.82) is 0 Å². The zero-order valence-corrected chi connectivity index (χ0v) is 10.1. The van der Waals surface area contributed by atoms with Gasteiger partial charge in [0.15, 0.2) is 0 Å². The Bertz CT molecular complexity index is 543. The molecule has 0 amide bonds. The maximum absolute atomic E-state index is 13.0. The fourth-order valence-corrected chi connectivity index (χ4v) is 1.62. The second-order valence-electron chi connectivity index (χ2n) is 3.21. The molecule has 2 aromatic rings. The molecule has 9 heteroatoms. The van der Waals surface area contributed by atoms with E-state index in [1.54, 1.807) is 6.92 Å². The predicted molar refractivity (Wildman–Crippen MR) is 57.7 cm³/mol. The zero-order valence-electron chi connectivity index (χ0n) is 8.53. The first kappa shape index (κ1) is 12.1. The summed E-state index contributed by atoms with van der Waals surface area (Å²) in [6, 6.07) is 0. The average molecular weight is 310 g/mol. The van der Waals surface area contributed by atoms with E-state index in [1.165, 1.54) is 6.33 Å². The molecule has 0 fully saturated rings. The molecule has 92 valence electrons. The van der Waals surface area contributed by atoms with Gasteiger partial charge in [0, 0.05) is 0 Å². The Labute approximate surface area is 102 Å². The number of hydrogen-bond donors (Lipinski definition) is 1. The molecule has 0 aliphatic heterocycles. The van der Waals surface area contributed by atoms with Gasteiger partial charge in [-0.05, 0) is 22.9 Å². The number of aryl methyl sites for hydroxylation is 1. The van der Waals surface area contributed by atoms with Crippen LogP contribution in [0.4, 0.5) is 19.0 Å². The summed E-state index contributed by atoms with van der Waals surface area (Å²) in [4.78, 5) is 7.84. The van der Waals surface area contributed by atoms with Crippen molar-refractivity contribution in [2.24, 2.45) is 0 Å². The molecule has 0 spiro atoms. The fourth-order valence-electron chi connectivity index (χ4n) is 1.25. The van der Waals surface area contributed by atoms with Crippen molar-refractivity contribution in [3.63, 3.8) is 0 Å². The summed E-state index contributed by atoms with van der Waals surface area (Å²) in [6.07, 6.45) is -4.41. The number of aromatic nitrogens is 4. The third-order valence-electron chi connectivity index (χ3n) is 2.03. The van der Waals surface area contributed by atoms with Crippen LogP contribution in [0.25, 0.3) is 5.78 Å². The SMILES string of the molecule is Cc1nc2ncnn2c(NC(F)C(F)F)c1Br. The Morgan fingerprint density at radius 1 is 1.41 bits per heavy atom. The molecule has 2 heterocycles. The smallest absolute Gasteiger partial charge is 0.287 e. The van der Waals surface area contributed by atoms with E-state index < -0.39 is 12.7 Å². The van der Waals surface area contributed by atoms with Crippen LogP contribution in [0, 0.1) is 6.92 Å². The maximum atomic E-state index is 13.0. The van der Waals surface area contributed by atoms with Crippen LogP contribution < -0.4 is 5.32 Å². The van der Waals surface area contributed by atoms with Gasteiger partial charge >= 0.3 is 0 Å². The lowest BCUT2D eigenvalue weighted by Crippen LogP contribution is -2.24. The number of halogens is 4. The Balaban J connectivity index is 2.50. The lowest BCUT2D eigenvalue weighted by atomic mass is 10.4. The van der Waals surface area contributed by atoms with E-state index in [0.29, 0.717) is 10.2 Å². The Morgan fingerprint density at radius 3 is 2.76 bits per heavy atom. The third-order valence-corrected chi connectivity index (χ3v) is 2.98. The summed E-state index contributed by atoms with van der Waals surface area (Å²) in [5, 5.41) is 5.81. The molecule has 0 saturated heterocycles. The van der Waals surface area contributed by atoms with Gasteiger partial charge in [-0.1, -0.05) is 0 Å². The van der Waals surface area contributed by atoms with E-state index in [1.807, 2.05) is 5.32 Å². The number of nitrogens with zero attached hydrogens (tertiary/aromatic N) is 4. The van der Waals surface area contributed by atoms with Crippen LogP contribution in [0.15, 0.2) is 10.8 Å². The molecule has 5 nitrogen and oxygen atoms in total. The van der Waals surface area contributed by atoms with E-state index in [9.17, 15) is 13.2 Å². The van der Waals surface area contributed by atoms with Crippen LogP contribution in [-0.4, -0.2) is 32.3 Å². The third kappa shape index (κ3) is 2.19. The summed E-state index contributed by atoms with van der Waals surface area (Å²) < 4.78 is 38.8. The fraction of sp³-hybridized carbons (Fsp3) is 0.375. The van der Waals surface area contributed by atoms with Gasteiger partial charge in [0.05, 0.1) is 10.2 Å². The van der Waals surface area contributed by atoms with E-state index in [2.05, 4.69) is 31.0 Å². The highest BCUT2D eigenvalue weighted by Gasteiger charge is 2.22. The highest BCUT2D eigenvalue weighted by atomic mass is 79.9. The number of nitrogens with one attached hydrogen (secondary N) is 1. The van der Waals surface area contributed by atoms with Crippen molar-refractivity contribution in [3.8, 4) is 0 Å². The molecular formula is C8H7BrF3N5. The van der Waals surface area contributed by atoms with Gasteiger partial charge in [-0.2, -0.15) is 14.6 Å². The molecule has 17 heavy (non-hydrogen) atoms. The standard InChI is InChI=1S/C8H7BrF3N5/c1-3-4(9)7(16-6(12)5(10)11)17-8(15-3)13-2-14-17/h2,5-6,16H,1H3. The first-order valence-electron chi connectivity index (χ1n) is 4.55. The lowest BCUT2D eigenvalue weighted by Gasteiger charge is -2.14. The molecule has 0 bridgehead atoms. The monoisotopic (exact) mass is 309 g/mol. The van der Waals surface area contributed by atoms with Crippen LogP contribution in [0.2, 0.25) is 0 Å². The Kier molecular flexibility index (Phi) is 3.18. The summed E-state index contributed by atoms with van der Waals surface area (Å²) >= 11 is 3.14. The first-order chi connectivity index (χ1) is 8.00. The molecule has 1 N–H and O–H groups in total. The number of hydrogen-bond acceptors (Lipinski definition) is 4. The summed E-state index contributed by atoms with van der Waals surface area (Å²) in [5.74, 6) is 0.257. The molecule has 0 radical (unpaired) electrons. The summed E-state index contributed by atoms with van der Waals surface area (Å²) in [7, 11) is 0. The van der Waals surface area contributed by atoms with E-state index in [-0.39, 0.29) is 11.6 Å². The van der Waals surface area contributed by atoms with Crippen molar-refractivity contribution in [1.82, 2.24) is 19.6 Å². The minimum absolute atomic E-state index is 0.0535. The van der Waals surface area contributed by atoms with Crippen LogP contribution in [0.5, 0.6) is 0 Å². The van der Waals surface area contributed by atoms with Crippen LogP contribution >= 0.6 is 15.9 Å². The van der Waals surface area contributed by atoms with Crippen LogP contribution in [0.1, 0.15) is 5.69 Å². The molecule has 0 aliphatic rings. The molecule has 1 unspecified atom stereocenters. The zero-order chi connectivity index (χ0) is 12.6. The number of alkyl halides is 3. The van der Waals surface area contributed by atoms with Gasteiger partial charge in [0.25, 0.3) is 12.2 Å². The second kappa shape index (κ2) is 4.47. The van der Waals surface area contributed by atoms with E-state index in [0.717, 1.165) is 4.52 Å².